The standard InChI is InChI=1S/C16H21FN2O4/c1-16(2,3)23-15(22)18-10-8-19(9-10)13(14(20)21)11-6-4-5-7-12(11)17/h4-7,10,13H,8-9H2,1-3H3,(H,18,22)(H,20,21)/t13-/m0/s1. The molecule has 1 atom stereocenters. The molecule has 7 heteroatoms. The van der Waals surface area contributed by atoms with Crippen LogP contribution in [0.25, 0.3) is 0 Å². The zero-order valence-corrected chi connectivity index (χ0v) is 13.4. The number of amides is 1. The van der Waals surface area contributed by atoms with Gasteiger partial charge in [-0.15, -0.1) is 0 Å². The Hall–Kier alpha value is -2.15. The van der Waals surface area contributed by atoms with E-state index in [1.54, 1.807) is 31.7 Å². The molecule has 23 heavy (non-hydrogen) atoms. The lowest BCUT2D eigenvalue weighted by Gasteiger charge is -2.43. The lowest BCUT2D eigenvalue weighted by molar-refractivity contribution is -0.146. The van der Waals surface area contributed by atoms with Crippen molar-refractivity contribution in [3.05, 3.63) is 35.6 Å². The van der Waals surface area contributed by atoms with Gasteiger partial charge in [0.2, 0.25) is 0 Å². The third-order valence-corrected chi connectivity index (χ3v) is 3.43. The molecule has 6 nitrogen and oxygen atoms in total. The highest BCUT2D eigenvalue weighted by atomic mass is 19.1. The van der Waals surface area contributed by atoms with Crippen LogP contribution in [0.3, 0.4) is 0 Å². The van der Waals surface area contributed by atoms with Crippen LogP contribution in [0.2, 0.25) is 0 Å². The molecule has 1 aliphatic rings. The van der Waals surface area contributed by atoms with Gasteiger partial charge in [-0.3, -0.25) is 9.69 Å². The fourth-order valence-corrected chi connectivity index (χ4v) is 2.47. The zero-order chi connectivity index (χ0) is 17.2. The molecule has 0 aliphatic carbocycles. The summed E-state index contributed by atoms with van der Waals surface area (Å²) in [5.41, 5.74) is -0.472. The Morgan fingerprint density at radius 3 is 2.48 bits per heavy atom. The summed E-state index contributed by atoms with van der Waals surface area (Å²) in [6.45, 7) is 5.93. The highest BCUT2D eigenvalue weighted by Gasteiger charge is 2.39. The van der Waals surface area contributed by atoms with Crippen molar-refractivity contribution in [2.45, 2.75) is 38.5 Å². The van der Waals surface area contributed by atoms with Gasteiger partial charge in [-0.25, -0.2) is 9.18 Å². The highest BCUT2D eigenvalue weighted by Crippen LogP contribution is 2.28. The summed E-state index contributed by atoms with van der Waals surface area (Å²) in [6, 6.07) is 4.54. The summed E-state index contributed by atoms with van der Waals surface area (Å²) in [5.74, 6) is -1.67. The van der Waals surface area contributed by atoms with E-state index in [0.29, 0.717) is 13.1 Å². The Morgan fingerprint density at radius 2 is 1.96 bits per heavy atom. The number of halogens is 1. The van der Waals surface area contributed by atoms with Gasteiger partial charge in [0.15, 0.2) is 0 Å². The van der Waals surface area contributed by atoms with Gasteiger partial charge in [0.1, 0.15) is 17.5 Å². The van der Waals surface area contributed by atoms with Crippen LogP contribution in [-0.4, -0.2) is 46.8 Å². The number of benzene rings is 1. The largest absolute Gasteiger partial charge is 0.480 e. The fourth-order valence-electron chi connectivity index (χ4n) is 2.47. The first kappa shape index (κ1) is 17.2. The van der Waals surface area contributed by atoms with Crippen molar-refractivity contribution >= 4 is 12.1 Å². The number of likely N-dealkylation sites (tertiary alicyclic amines) is 1. The third-order valence-electron chi connectivity index (χ3n) is 3.43. The van der Waals surface area contributed by atoms with Crippen molar-refractivity contribution in [2.75, 3.05) is 13.1 Å². The number of carbonyl (C=O) groups is 2. The van der Waals surface area contributed by atoms with Gasteiger partial charge in [0, 0.05) is 18.7 Å². The summed E-state index contributed by atoms with van der Waals surface area (Å²) in [7, 11) is 0. The number of carbonyl (C=O) groups excluding carboxylic acids is 1. The van der Waals surface area contributed by atoms with E-state index in [0.717, 1.165) is 0 Å². The summed E-state index contributed by atoms with van der Waals surface area (Å²) >= 11 is 0. The molecule has 1 saturated heterocycles. The Balaban J connectivity index is 1.95. The lowest BCUT2D eigenvalue weighted by Crippen LogP contribution is -2.61. The van der Waals surface area contributed by atoms with Crippen LogP contribution in [0, 0.1) is 5.82 Å². The average molecular weight is 324 g/mol. The second-order valence-corrected chi connectivity index (χ2v) is 6.56. The van der Waals surface area contributed by atoms with Crippen LogP contribution in [0.15, 0.2) is 24.3 Å². The third kappa shape index (κ3) is 4.41. The summed E-state index contributed by atoms with van der Waals surface area (Å²) in [5, 5.41) is 12.1. The van der Waals surface area contributed by atoms with Crippen molar-refractivity contribution in [1.82, 2.24) is 10.2 Å². The molecule has 0 aromatic heterocycles. The minimum atomic E-state index is -1.12. The van der Waals surface area contributed by atoms with Crippen LogP contribution in [0.4, 0.5) is 9.18 Å². The monoisotopic (exact) mass is 324 g/mol. The topological polar surface area (TPSA) is 78.9 Å². The minimum absolute atomic E-state index is 0.121. The Morgan fingerprint density at radius 1 is 1.35 bits per heavy atom. The molecular formula is C16H21FN2O4. The summed E-state index contributed by atoms with van der Waals surface area (Å²) in [4.78, 5) is 24.8. The molecule has 0 saturated carbocycles. The van der Waals surface area contributed by atoms with Gasteiger partial charge < -0.3 is 15.2 Å². The molecule has 2 rings (SSSR count). The Kier molecular flexibility index (Phi) is 4.89. The number of rotatable bonds is 4. The number of nitrogens with zero attached hydrogens (tertiary/aromatic N) is 1. The smallest absolute Gasteiger partial charge is 0.407 e. The van der Waals surface area contributed by atoms with E-state index < -0.39 is 29.5 Å². The molecule has 1 aromatic carbocycles. The normalized spacial score (nSPS) is 17.2. The molecule has 1 fully saturated rings. The van der Waals surface area contributed by atoms with Crippen molar-refractivity contribution in [3.63, 3.8) is 0 Å². The summed E-state index contributed by atoms with van der Waals surface area (Å²) in [6.07, 6.45) is -0.542. The van der Waals surface area contributed by atoms with E-state index in [2.05, 4.69) is 5.32 Å². The van der Waals surface area contributed by atoms with Gasteiger partial charge >= 0.3 is 12.1 Å². The van der Waals surface area contributed by atoms with Crippen molar-refractivity contribution < 1.29 is 23.8 Å². The van der Waals surface area contributed by atoms with E-state index in [4.69, 9.17) is 4.74 Å². The summed E-state index contributed by atoms with van der Waals surface area (Å²) < 4.78 is 19.0. The lowest BCUT2D eigenvalue weighted by atomic mass is 9.99. The number of carboxylic acids is 1. The average Bonchev–Trinajstić information content (AvgIpc) is 2.35. The molecule has 1 aliphatic heterocycles. The minimum Gasteiger partial charge on any atom is -0.480 e. The molecule has 2 N–H and O–H groups in total. The SMILES string of the molecule is CC(C)(C)OC(=O)NC1CN([C@H](C(=O)O)c2ccccc2F)C1. The van der Waals surface area contributed by atoms with Gasteiger partial charge in [-0.2, -0.15) is 0 Å². The van der Waals surface area contributed by atoms with Crippen LogP contribution < -0.4 is 5.32 Å². The maximum absolute atomic E-state index is 13.8. The number of hydrogen-bond donors (Lipinski definition) is 2. The molecule has 1 aromatic rings. The van der Waals surface area contributed by atoms with E-state index in [1.807, 2.05) is 0 Å². The Bertz CT molecular complexity index is 594. The molecule has 1 heterocycles. The molecule has 0 spiro atoms. The number of alkyl carbamates (subject to hydrolysis) is 1. The molecule has 0 unspecified atom stereocenters. The highest BCUT2D eigenvalue weighted by molar-refractivity contribution is 5.76. The van der Waals surface area contributed by atoms with Gasteiger partial charge in [0.25, 0.3) is 0 Å². The van der Waals surface area contributed by atoms with Gasteiger partial charge in [-0.1, -0.05) is 18.2 Å². The molecule has 1 amide bonds. The fraction of sp³-hybridized carbons (Fsp3) is 0.500. The zero-order valence-electron chi connectivity index (χ0n) is 13.4. The molecule has 0 bridgehead atoms. The quantitative estimate of drug-likeness (QED) is 0.887. The molecular weight excluding hydrogens is 303 g/mol. The number of aliphatic carboxylic acids is 1. The van der Waals surface area contributed by atoms with E-state index >= 15 is 0 Å². The maximum Gasteiger partial charge on any atom is 0.407 e. The predicted molar refractivity (Wildman–Crippen MR) is 81.5 cm³/mol. The number of nitrogens with one attached hydrogen (secondary N) is 1. The predicted octanol–water partition coefficient (Wildman–Crippen LogP) is 2.16. The van der Waals surface area contributed by atoms with E-state index in [-0.39, 0.29) is 11.6 Å². The van der Waals surface area contributed by atoms with Crippen LogP contribution >= 0.6 is 0 Å². The molecule has 0 radical (unpaired) electrons. The van der Waals surface area contributed by atoms with Crippen LogP contribution in [-0.2, 0) is 9.53 Å². The number of hydrogen-bond acceptors (Lipinski definition) is 4. The van der Waals surface area contributed by atoms with E-state index in [1.165, 1.54) is 18.2 Å². The maximum atomic E-state index is 13.8. The van der Waals surface area contributed by atoms with Gasteiger partial charge in [-0.05, 0) is 26.8 Å². The molecule has 126 valence electrons. The number of ether oxygens (including phenoxy) is 1. The first-order chi connectivity index (χ1) is 10.7. The van der Waals surface area contributed by atoms with Crippen molar-refractivity contribution in [1.29, 1.82) is 0 Å². The van der Waals surface area contributed by atoms with Gasteiger partial charge in [0.05, 0.1) is 6.04 Å². The van der Waals surface area contributed by atoms with Crippen molar-refractivity contribution in [3.8, 4) is 0 Å². The van der Waals surface area contributed by atoms with E-state index in [9.17, 15) is 19.1 Å². The second kappa shape index (κ2) is 6.54. The van der Waals surface area contributed by atoms with Crippen LogP contribution in [0.5, 0.6) is 0 Å². The first-order valence-electron chi connectivity index (χ1n) is 7.38. The first-order valence-corrected chi connectivity index (χ1v) is 7.38. The van der Waals surface area contributed by atoms with Crippen molar-refractivity contribution in [2.24, 2.45) is 0 Å². The van der Waals surface area contributed by atoms with Crippen LogP contribution in [0.1, 0.15) is 32.4 Å². The number of carboxylic acid groups (broad SMARTS) is 1. The second-order valence-electron chi connectivity index (χ2n) is 6.56. The Labute approximate surface area is 134 Å².